The van der Waals surface area contributed by atoms with Crippen LogP contribution in [0, 0.1) is 5.92 Å². The molecule has 0 bridgehead atoms. The molecule has 0 spiro atoms. The van der Waals surface area contributed by atoms with Gasteiger partial charge in [0.2, 0.25) is 5.91 Å². The highest BCUT2D eigenvalue weighted by molar-refractivity contribution is 5.85. The van der Waals surface area contributed by atoms with Crippen LogP contribution in [0.25, 0.3) is 0 Å². The van der Waals surface area contributed by atoms with Crippen LogP contribution in [0.2, 0.25) is 0 Å². The molecule has 5 heteroatoms. The van der Waals surface area contributed by atoms with Gasteiger partial charge in [-0.1, -0.05) is 26.0 Å². The highest BCUT2D eigenvalue weighted by Gasteiger charge is 2.19. The second-order valence-electron chi connectivity index (χ2n) is 4.77. The van der Waals surface area contributed by atoms with E-state index in [9.17, 15) is 4.79 Å². The molecule has 4 nitrogen and oxygen atoms in total. The number of hydrogen-bond donors (Lipinski definition) is 2. The molecule has 1 rings (SSSR count). The molecule has 0 fully saturated rings. The van der Waals surface area contributed by atoms with E-state index in [1.54, 1.807) is 7.11 Å². The maximum absolute atomic E-state index is 11.8. The summed E-state index contributed by atoms with van der Waals surface area (Å²) >= 11 is 0. The minimum Gasteiger partial charge on any atom is -0.497 e. The molecule has 0 saturated carbocycles. The molecular weight excluding hydrogens is 264 g/mol. The second-order valence-corrected chi connectivity index (χ2v) is 4.77. The third kappa shape index (κ3) is 5.09. The van der Waals surface area contributed by atoms with Crippen LogP contribution in [0.5, 0.6) is 5.75 Å². The Labute approximate surface area is 121 Å². The minimum absolute atomic E-state index is 0. The zero-order valence-corrected chi connectivity index (χ0v) is 12.7. The standard InChI is InChI=1S/C14H22N2O2.ClH/c1-9(2)13(15)14(17)16-10(3)11-5-7-12(18-4)8-6-11;/h5-10,13H,15H2,1-4H3,(H,16,17);1H/t10?,13-;/m0./s1. The zero-order valence-electron chi connectivity index (χ0n) is 11.8. The Kier molecular flexibility index (Phi) is 7.49. The first kappa shape index (κ1) is 17.7. The summed E-state index contributed by atoms with van der Waals surface area (Å²) in [5.41, 5.74) is 6.83. The predicted octanol–water partition coefficient (Wildman–Crippen LogP) is 2.28. The van der Waals surface area contributed by atoms with Gasteiger partial charge >= 0.3 is 0 Å². The Balaban J connectivity index is 0.00000324. The lowest BCUT2D eigenvalue weighted by molar-refractivity contribution is -0.123. The Hall–Kier alpha value is -1.26. The van der Waals surface area contributed by atoms with Gasteiger partial charge in [0.25, 0.3) is 0 Å². The van der Waals surface area contributed by atoms with E-state index in [1.807, 2.05) is 45.0 Å². The molecule has 0 aliphatic rings. The van der Waals surface area contributed by atoms with E-state index in [4.69, 9.17) is 10.5 Å². The van der Waals surface area contributed by atoms with Crippen molar-refractivity contribution in [2.75, 3.05) is 7.11 Å². The van der Waals surface area contributed by atoms with Gasteiger partial charge in [-0.05, 0) is 30.5 Å². The number of carbonyl (C=O) groups is 1. The Morgan fingerprint density at radius 3 is 2.16 bits per heavy atom. The minimum atomic E-state index is -0.467. The number of methoxy groups -OCH3 is 1. The predicted molar refractivity (Wildman–Crippen MR) is 79.6 cm³/mol. The lowest BCUT2D eigenvalue weighted by atomic mass is 10.0. The van der Waals surface area contributed by atoms with Gasteiger partial charge in [0.1, 0.15) is 5.75 Å². The second kappa shape index (κ2) is 8.02. The number of hydrogen-bond acceptors (Lipinski definition) is 3. The van der Waals surface area contributed by atoms with Crippen molar-refractivity contribution in [3.63, 3.8) is 0 Å². The fourth-order valence-corrected chi connectivity index (χ4v) is 1.59. The quantitative estimate of drug-likeness (QED) is 0.873. The van der Waals surface area contributed by atoms with Crippen LogP contribution in [0.15, 0.2) is 24.3 Å². The van der Waals surface area contributed by atoms with E-state index in [2.05, 4.69) is 5.32 Å². The van der Waals surface area contributed by atoms with Crippen molar-refractivity contribution in [3.05, 3.63) is 29.8 Å². The number of benzene rings is 1. The molecule has 0 aromatic heterocycles. The van der Waals surface area contributed by atoms with Crippen molar-refractivity contribution < 1.29 is 9.53 Å². The van der Waals surface area contributed by atoms with Crippen molar-refractivity contribution in [3.8, 4) is 5.75 Å². The van der Waals surface area contributed by atoms with Gasteiger partial charge in [0, 0.05) is 0 Å². The number of halogens is 1. The van der Waals surface area contributed by atoms with Crippen LogP contribution in [-0.2, 0) is 4.79 Å². The van der Waals surface area contributed by atoms with Crippen LogP contribution in [-0.4, -0.2) is 19.1 Å². The van der Waals surface area contributed by atoms with Gasteiger partial charge in [0.15, 0.2) is 0 Å². The van der Waals surface area contributed by atoms with Gasteiger partial charge in [-0.2, -0.15) is 0 Å². The molecule has 1 aromatic rings. The molecule has 1 unspecified atom stereocenters. The van der Waals surface area contributed by atoms with E-state index in [0.717, 1.165) is 11.3 Å². The van der Waals surface area contributed by atoms with E-state index < -0.39 is 6.04 Å². The summed E-state index contributed by atoms with van der Waals surface area (Å²) < 4.78 is 5.09. The van der Waals surface area contributed by atoms with E-state index in [-0.39, 0.29) is 30.3 Å². The lowest BCUT2D eigenvalue weighted by Crippen LogP contribution is -2.44. The maximum atomic E-state index is 11.8. The topological polar surface area (TPSA) is 64.3 Å². The monoisotopic (exact) mass is 286 g/mol. The molecule has 19 heavy (non-hydrogen) atoms. The summed E-state index contributed by atoms with van der Waals surface area (Å²) in [6.45, 7) is 5.80. The van der Waals surface area contributed by atoms with Crippen LogP contribution in [0.3, 0.4) is 0 Å². The summed E-state index contributed by atoms with van der Waals surface area (Å²) in [4.78, 5) is 11.8. The fourth-order valence-electron chi connectivity index (χ4n) is 1.59. The molecule has 0 aliphatic carbocycles. The van der Waals surface area contributed by atoms with Crippen LogP contribution < -0.4 is 15.8 Å². The molecule has 3 N–H and O–H groups in total. The highest BCUT2D eigenvalue weighted by Crippen LogP contribution is 2.17. The Bertz CT molecular complexity index is 393. The summed E-state index contributed by atoms with van der Waals surface area (Å²) in [5, 5.41) is 2.91. The number of amides is 1. The average molecular weight is 287 g/mol. The molecule has 0 aliphatic heterocycles. The largest absolute Gasteiger partial charge is 0.497 e. The number of nitrogens with one attached hydrogen (secondary N) is 1. The summed E-state index contributed by atoms with van der Waals surface area (Å²) in [7, 11) is 1.63. The van der Waals surface area contributed by atoms with Crippen molar-refractivity contribution in [2.24, 2.45) is 11.7 Å². The number of carbonyl (C=O) groups excluding carboxylic acids is 1. The number of ether oxygens (including phenoxy) is 1. The summed E-state index contributed by atoms with van der Waals surface area (Å²) in [6, 6.07) is 7.09. The van der Waals surface area contributed by atoms with E-state index >= 15 is 0 Å². The van der Waals surface area contributed by atoms with Crippen LogP contribution >= 0.6 is 12.4 Å². The zero-order chi connectivity index (χ0) is 13.7. The molecule has 0 heterocycles. The molecular formula is C14H23ClN2O2. The Morgan fingerprint density at radius 1 is 1.21 bits per heavy atom. The first-order valence-corrected chi connectivity index (χ1v) is 6.15. The van der Waals surface area contributed by atoms with Crippen molar-refractivity contribution in [1.29, 1.82) is 0 Å². The first-order valence-electron chi connectivity index (χ1n) is 6.15. The molecule has 0 radical (unpaired) electrons. The molecule has 1 aromatic carbocycles. The van der Waals surface area contributed by atoms with Crippen molar-refractivity contribution in [2.45, 2.75) is 32.9 Å². The van der Waals surface area contributed by atoms with E-state index in [0.29, 0.717) is 0 Å². The third-order valence-corrected chi connectivity index (χ3v) is 3.00. The van der Waals surface area contributed by atoms with E-state index in [1.165, 1.54) is 0 Å². The van der Waals surface area contributed by atoms with Gasteiger partial charge in [-0.3, -0.25) is 4.79 Å². The van der Waals surface area contributed by atoms with Crippen LogP contribution in [0.4, 0.5) is 0 Å². The van der Waals surface area contributed by atoms with Gasteiger partial charge in [-0.15, -0.1) is 12.4 Å². The average Bonchev–Trinajstić information content (AvgIpc) is 2.37. The summed E-state index contributed by atoms with van der Waals surface area (Å²) in [5.74, 6) is 0.817. The molecule has 1 amide bonds. The van der Waals surface area contributed by atoms with Gasteiger partial charge < -0.3 is 15.8 Å². The molecule has 2 atom stereocenters. The molecule has 108 valence electrons. The van der Waals surface area contributed by atoms with Gasteiger partial charge in [-0.25, -0.2) is 0 Å². The SMILES string of the molecule is COc1ccc(C(C)NC(=O)[C@@H](N)C(C)C)cc1.Cl. The third-order valence-electron chi connectivity index (χ3n) is 3.00. The number of rotatable bonds is 5. The lowest BCUT2D eigenvalue weighted by Gasteiger charge is -2.20. The molecule has 0 saturated heterocycles. The first-order chi connectivity index (χ1) is 8.45. The van der Waals surface area contributed by atoms with Gasteiger partial charge in [0.05, 0.1) is 19.2 Å². The highest BCUT2D eigenvalue weighted by atomic mass is 35.5. The Morgan fingerprint density at radius 2 is 1.74 bits per heavy atom. The summed E-state index contributed by atoms with van der Waals surface area (Å²) in [6.07, 6.45) is 0. The number of nitrogens with two attached hydrogens (primary N) is 1. The van der Waals surface area contributed by atoms with Crippen molar-refractivity contribution in [1.82, 2.24) is 5.32 Å². The maximum Gasteiger partial charge on any atom is 0.237 e. The fraction of sp³-hybridized carbons (Fsp3) is 0.500. The smallest absolute Gasteiger partial charge is 0.237 e. The van der Waals surface area contributed by atoms with Crippen molar-refractivity contribution >= 4 is 18.3 Å². The normalized spacial score (nSPS) is 13.4. The van der Waals surface area contributed by atoms with Crippen LogP contribution in [0.1, 0.15) is 32.4 Å².